The predicted molar refractivity (Wildman–Crippen MR) is 60.1 cm³/mol. The number of aliphatic carboxylic acids is 1. The normalized spacial score (nSPS) is 11.9. The molecule has 1 unspecified atom stereocenters. The highest BCUT2D eigenvalue weighted by Crippen LogP contribution is 2.08. The van der Waals surface area contributed by atoms with E-state index >= 15 is 0 Å². The molecule has 0 spiro atoms. The van der Waals surface area contributed by atoms with Gasteiger partial charge in [-0.3, -0.25) is 4.98 Å². The van der Waals surface area contributed by atoms with Crippen LogP contribution in [0.25, 0.3) is 0 Å². The third kappa shape index (κ3) is 4.23. The van der Waals surface area contributed by atoms with Crippen LogP contribution in [0.15, 0.2) is 12.4 Å². The number of carbonyl (C=O) groups is 1. The molecule has 94 valence electrons. The Morgan fingerprint density at radius 2 is 2.35 bits per heavy atom. The molecule has 0 bridgehead atoms. The lowest BCUT2D eigenvalue weighted by molar-refractivity contribution is -0.147. The summed E-state index contributed by atoms with van der Waals surface area (Å²) in [6, 6.07) is 0. The van der Waals surface area contributed by atoms with Crippen LogP contribution >= 0.6 is 0 Å². The summed E-state index contributed by atoms with van der Waals surface area (Å²) < 4.78 is 9.94. The number of hydrogen-bond donors (Lipinski definition) is 2. The number of aromatic nitrogens is 2. The average molecular weight is 241 g/mol. The van der Waals surface area contributed by atoms with Crippen LogP contribution in [-0.4, -0.2) is 47.4 Å². The Bertz CT molecular complexity index is 372. The van der Waals surface area contributed by atoms with E-state index in [1.165, 1.54) is 19.5 Å². The van der Waals surface area contributed by atoms with Crippen LogP contribution in [0.3, 0.4) is 0 Å². The molecule has 0 radical (unpaired) electrons. The van der Waals surface area contributed by atoms with Gasteiger partial charge in [0.2, 0.25) is 5.88 Å². The van der Waals surface area contributed by atoms with Gasteiger partial charge in [0.1, 0.15) is 5.82 Å². The molecule has 1 heterocycles. The number of methoxy groups -OCH3 is 1. The Balaban J connectivity index is 2.56. The summed E-state index contributed by atoms with van der Waals surface area (Å²) >= 11 is 0. The summed E-state index contributed by atoms with van der Waals surface area (Å²) in [6.45, 7) is 2.44. The van der Waals surface area contributed by atoms with Gasteiger partial charge in [-0.15, -0.1) is 0 Å². The maximum atomic E-state index is 10.7. The van der Waals surface area contributed by atoms with Crippen molar-refractivity contribution in [3.8, 4) is 5.88 Å². The molecule has 0 aliphatic carbocycles. The number of rotatable bonds is 7. The van der Waals surface area contributed by atoms with E-state index in [0.717, 1.165) is 0 Å². The molecule has 7 nitrogen and oxygen atoms in total. The highest BCUT2D eigenvalue weighted by molar-refractivity contribution is 5.73. The first kappa shape index (κ1) is 13.2. The van der Waals surface area contributed by atoms with E-state index in [9.17, 15) is 4.79 Å². The van der Waals surface area contributed by atoms with Crippen molar-refractivity contribution in [3.63, 3.8) is 0 Å². The fourth-order valence-electron chi connectivity index (χ4n) is 1.12. The molecule has 0 aliphatic heterocycles. The number of nitrogens with one attached hydrogen (secondary N) is 1. The van der Waals surface area contributed by atoms with Crippen LogP contribution < -0.4 is 10.1 Å². The Morgan fingerprint density at radius 1 is 1.59 bits per heavy atom. The van der Waals surface area contributed by atoms with Gasteiger partial charge >= 0.3 is 5.97 Å². The molecule has 0 fully saturated rings. The van der Waals surface area contributed by atoms with Crippen molar-refractivity contribution >= 4 is 11.8 Å². The van der Waals surface area contributed by atoms with Crippen molar-refractivity contribution in [2.75, 3.05) is 25.6 Å². The molecule has 0 saturated heterocycles. The Hall–Kier alpha value is -1.89. The largest absolute Gasteiger partial charge is 0.479 e. The van der Waals surface area contributed by atoms with Gasteiger partial charge in [0.05, 0.1) is 25.5 Å². The van der Waals surface area contributed by atoms with Crippen LogP contribution in [0.2, 0.25) is 0 Å². The second kappa shape index (κ2) is 6.64. The van der Waals surface area contributed by atoms with Gasteiger partial charge in [-0.2, -0.15) is 4.98 Å². The fraction of sp³-hybridized carbons (Fsp3) is 0.500. The van der Waals surface area contributed by atoms with Crippen molar-refractivity contribution in [3.05, 3.63) is 12.4 Å². The molecular weight excluding hydrogens is 226 g/mol. The highest BCUT2D eigenvalue weighted by atomic mass is 16.5. The summed E-state index contributed by atoms with van der Waals surface area (Å²) in [5.74, 6) is -0.199. The van der Waals surface area contributed by atoms with E-state index < -0.39 is 12.1 Å². The quantitative estimate of drug-likeness (QED) is 0.713. The Morgan fingerprint density at radius 3 is 2.94 bits per heavy atom. The van der Waals surface area contributed by atoms with Crippen molar-refractivity contribution in [1.29, 1.82) is 0 Å². The smallest absolute Gasteiger partial charge is 0.334 e. The van der Waals surface area contributed by atoms with Crippen molar-refractivity contribution in [2.45, 2.75) is 13.0 Å². The summed E-state index contributed by atoms with van der Waals surface area (Å²) in [7, 11) is 1.34. The number of nitrogens with zero attached hydrogens (tertiary/aromatic N) is 2. The number of carboxylic acids is 1. The van der Waals surface area contributed by atoms with E-state index in [4.69, 9.17) is 14.6 Å². The van der Waals surface area contributed by atoms with E-state index in [0.29, 0.717) is 18.3 Å². The topological polar surface area (TPSA) is 93.6 Å². The monoisotopic (exact) mass is 241 g/mol. The zero-order valence-corrected chi connectivity index (χ0v) is 9.71. The Labute approximate surface area is 98.8 Å². The standard InChI is InChI=1S/C10H15N3O4/c1-3-17-9-6-11-5-8(13-9)12-4-7(16-2)10(14)15/h5-7H,3-4H2,1-2H3,(H,12,13)(H,14,15). The summed E-state index contributed by atoms with van der Waals surface area (Å²) in [6.07, 6.45) is 2.05. The molecule has 7 heteroatoms. The number of carboxylic acid groups (broad SMARTS) is 1. The van der Waals surface area contributed by atoms with Gasteiger partial charge in [-0.25, -0.2) is 4.79 Å². The molecule has 1 aromatic heterocycles. The van der Waals surface area contributed by atoms with Gasteiger partial charge in [0.25, 0.3) is 0 Å². The second-order valence-electron chi connectivity index (χ2n) is 3.12. The van der Waals surface area contributed by atoms with E-state index in [-0.39, 0.29) is 6.54 Å². The van der Waals surface area contributed by atoms with Gasteiger partial charge < -0.3 is 19.9 Å². The maximum absolute atomic E-state index is 10.7. The third-order valence-corrected chi connectivity index (χ3v) is 1.93. The molecule has 1 atom stereocenters. The van der Waals surface area contributed by atoms with Crippen molar-refractivity contribution in [1.82, 2.24) is 9.97 Å². The summed E-state index contributed by atoms with van der Waals surface area (Å²) in [5, 5.41) is 11.6. The van der Waals surface area contributed by atoms with E-state index in [1.807, 2.05) is 6.92 Å². The van der Waals surface area contributed by atoms with Gasteiger partial charge in [0.15, 0.2) is 6.10 Å². The molecule has 0 aliphatic rings. The lowest BCUT2D eigenvalue weighted by Crippen LogP contribution is -2.30. The zero-order chi connectivity index (χ0) is 12.7. The predicted octanol–water partition coefficient (Wildman–Crippen LogP) is 0.387. The summed E-state index contributed by atoms with van der Waals surface area (Å²) in [4.78, 5) is 18.7. The van der Waals surface area contributed by atoms with Crippen LogP contribution in [-0.2, 0) is 9.53 Å². The first-order valence-corrected chi connectivity index (χ1v) is 5.11. The Kier molecular flexibility index (Phi) is 5.15. The molecule has 2 N–H and O–H groups in total. The molecule has 17 heavy (non-hydrogen) atoms. The number of hydrogen-bond acceptors (Lipinski definition) is 6. The number of ether oxygens (including phenoxy) is 2. The first-order valence-electron chi connectivity index (χ1n) is 5.11. The second-order valence-corrected chi connectivity index (χ2v) is 3.12. The van der Waals surface area contributed by atoms with Crippen LogP contribution in [0.4, 0.5) is 5.82 Å². The van der Waals surface area contributed by atoms with Crippen LogP contribution in [0.5, 0.6) is 5.88 Å². The first-order chi connectivity index (χ1) is 8.17. The van der Waals surface area contributed by atoms with Gasteiger partial charge in [-0.1, -0.05) is 0 Å². The minimum absolute atomic E-state index is 0.107. The molecule has 0 aromatic carbocycles. The lowest BCUT2D eigenvalue weighted by atomic mass is 10.3. The summed E-state index contributed by atoms with van der Waals surface area (Å²) in [5.41, 5.74) is 0. The average Bonchev–Trinajstić information content (AvgIpc) is 2.30. The van der Waals surface area contributed by atoms with Crippen LogP contribution in [0, 0.1) is 0 Å². The lowest BCUT2D eigenvalue weighted by Gasteiger charge is -2.12. The van der Waals surface area contributed by atoms with E-state index in [1.54, 1.807) is 0 Å². The minimum atomic E-state index is -1.03. The molecule has 1 rings (SSSR count). The van der Waals surface area contributed by atoms with Crippen molar-refractivity contribution < 1.29 is 19.4 Å². The zero-order valence-electron chi connectivity index (χ0n) is 9.71. The van der Waals surface area contributed by atoms with Crippen LogP contribution in [0.1, 0.15) is 6.92 Å². The molecular formula is C10H15N3O4. The molecule has 0 saturated carbocycles. The fourth-order valence-corrected chi connectivity index (χ4v) is 1.12. The number of anilines is 1. The minimum Gasteiger partial charge on any atom is -0.479 e. The van der Waals surface area contributed by atoms with Gasteiger partial charge in [0, 0.05) is 7.11 Å². The van der Waals surface area contributed by atoms with Gasteiger partial charge in [-0.05, 0) is 6.92 Å². The van der Waals surface area contributed by atoms with Crippen molar-refractivity contribution in [2.24, 2.45) is 0 Å². The maximum Gasteiger partial charge on any atom is 0.334 e. The highest BCUT2D eigenvalue weighted by Gasteiger charge is 2.15. The SMILES string of the molecule is CCOc1cncc(NCC(OC)C(=O)O)n1. The molecule has 0 amide bonds. The van der Waals surface area contributed by atoms with E-state index in [2.05, 4.69) is 15.3 Å². The third-order valence-electron chi connectivity index (χ3n) is 1.93. The molecule has 1 aromatic rings.